The lowest BCUT2D eigenvalue weighted by atomic mass is 10.2. The number of nitrogens with zero attached hydrogens (tertiary/aromatic N) is 2. The molecule has 0 spiro atoms. The SMILES string of the molecule is Cc1ccc(NC(=O)CN2CCN(C(=O)CSc3ccc(C)cc3C)CC2)cc1. The van der Waals surface area contributed by atoms with Crippen molar-refractivity contribution in [3.05, 3.63) is 59.2 Å². The molecule has 0 radical (unpaired) electrons. The van der Waals surface area contributed by atoms with Gasteiger partial charge in [-0.05, 0) is 44.5 Å². The van der Waals surface area contributed by atoms with E-state index in [1.54, 1.807) is 11.8 Å². The van der Waals surface area contributed by atoms with E-state index in [0.29, 0.717) is 25.4 Å². The number of amides is 2. The molecule has 1 saturated heterocycles. The van der Waals surface area contributed by atoms with Gasteiger partial charge in [-0.2, -0.15) is 0 Å². The van der Waals surface area contributed by atoms with E-state index < -0.39 is 0 Å². The highest BCUT2D eigenvalue weighted by molar-refractivity contribution is 8.00. The minimum Gasteiger partial charge on any atom is -0.339 e. The van der Waals surface area contributed by atoms with Gasteiger partial charge in [0.25, 0.3) is 0 Å². The van der Waals surface area contributed by atoms with Crippen molar-refractivity contribution in [1.82, 2.24) is 9.80 Å². The molecule has 0 saturated carbocycles. The minimum atomic E-state index is -0.0148. The van der Waals surface area contributed by atoms with Crippen LogP contribution < -0.4 is 5.32 Å². The Morgan fingerprint density at radius 1 is 0.931 bits per heavy atom. The van der Waals surface area contributed by atoms with Gasteiger partial charge >= 0.3 is 0 Å². The third-order valence-corrected chi connectivity index (χ3v) is 6.27. The summed E-state index contributed by atoms with van der Waals surface area (Å²) in [6, 6.07) is 14.1. The number of benzene rings is 2. The van der Waals surface area contributed by atoms with Crippen LogP contribution in [0.25, 0.3) is 0 Å². The topological polar surface area (TPSA) is 52.7 Å². The Labute approximate surface area is 177 Å². The highest BCUT2D eigenvalue weighted by Crippen LogP contribution is 2.23. The maximum atomic E-state index is 12.6. The summed E-state index contributed by atoms with van der Waals surface area (Å²) in [6.45, 7) is 9.32. The fourth-order valence-corrected chi connectivity index (χ4v) is 4.30. The summed E-state index contributed by atoms with van der Waals surface area (Å²) >= 11 is 1.60. The number of nitrogens with one attached hydrogen (secondary N) is 1. The van der Waals surface area contributed by atoms with Gasteiger partial charge in [0.15, 0.2) is 0 Å². The molecule has 2 aromatic carbocycles. The standard InChI is InChI=1S/C23H29N3O2S/c1-17-4-7-20(8-5-17)24-22(27)15-25-10-12-26(13-11-25)23(28)16-29-21-9-6-18(2)14-19(21)3/h4-9,14H,10-13,15-16H2,1-3H3,(H,24,27). The Balaban J connectivity index is 1.40. The number of carbonyl (C=O) groups excluding carboxylic acids is 2. The summed E-state index contributed by atoms with van der Waals surface area (Å²) in [7, 11) is 0. The number of piperazine rings is 1. The van der Waals surface area contributed by atoms with E-state index in [9.17, 15) is 9.59 Å². The highest BCUT2D eigenvalue weighted by atomic mass is 32.2. The first-order valence-electron chi connectivity index (χ1n) is 9.97. The second-order valence-corrected chi connectivity index (χ2v) is 8.65. The highest BCUT2D eigenvalue weighted by Gasteiger charge is 2.22. The van der Waals surface area contributed by atoms with Crippen LogP contribution in [0.1, 0.15) is 16.7 Å². The number of aryl methyl sites for hydroxylation is 3. The van der Waals surface area contributed by atoms with Crippen LogP contribution in [0.5, 0.6) is 0 Å². The maximum absolute atomic E-state index is 12.6. The van der Waals surface area contributed by atoms with E-state index >= 15 is 0 Å². The molecule has 1 aliphatic rings. The lowest BCUT2D eigenvalue weighted by Gasteiger charge is -2.34. The number of hydrogen-bond acceptors (Lipinski definition) is 4. The molecule has 3 rings (SSSR count). The summed E-state index contributed by atoms with van der Waals surface area (Å²) in [6.07, 6.45) is 0. The fourth-order valence-electron chi connectivity index (χ4n) is 3.39. The smallest absolute Gasteiger partial charge is 0.238 e. The average Bonchev–Trinajstić information content (AvgIpc) is 2.69. The summed E-state index contributed by atoms with van der Waals surface area (Å²) in [5.41, 5.74) is 4.44. The Kier molecular flexibility index (Phi) is 7.34. The monoisotopic (exact) mass is 411 g/mol. The van der Waals surface area contributed by atoms with Crippen LogP contribution in [0, 0.1) is 20.8 Å². The first kappa shape index (κ1) is 21.4. The number of carbonyl (C=O) groups is 2. The molecule has 1 heterocycles. The number of thioether (sulfide) groups is 1. The largest absolute Gasteiger partial charge is 0.339 e. The second kappa shape index (κ2) is 9.94. The van der Waals surface area contributed by atoms with Gasteiger partial charge in [-0.15, -0.1) is 11.8 Å². The number of rotatable bonds is 6. The van der Waals surface area contributed by atoms with Gasteiger partial charge in [0.05, 0.1) is 12.3 Å². The van der Waals surface area contributed by atoms with Gasteiger partial charge in [-0.3, -0.25) is 14.5 Å². The molecule has 1 N–H and O–H groups in total. The van der Waals surface area contributed by atoms with Crippen molar-refractivity contribution in [3.63, 3.8) is 0 Å². The van der Waals surface area contributed by atoms with E-state index in [-0.39, 0.29) is 11.8 Å². The lowest BCUT2D eigenvalue weighted by Crippen LogP contribution is -2.50. The molecule has 1 fully saturated rings. The quantitative estimate of drug-likeness (QED) is 0.740. The zero-order valence-electron chi connectivity index (χ0n) is 17.4. The molecule has 6 heteroatoms. The molecule has 0 unspecified atom stereocenters. The van der Waals surface area contributed by atoms with Gasteiger partial charge in [0.2, 0.25) is 11.8 Å². The van der Waals surface area contributed by atoms with Crippen molar-refractivity contribution < 1.29 is 9.59 Å². The number of anilines is 1. The first-order valence-corrected chi connectivity index (χ1v) is 11.0. The zero-order chi connectivity index (χ0) is 20.8. The minimum absolute atomic E-state index is 0.0148. The lowest BCUT2D eigenvalue weighted by molar-refractivity contribution is -0.130. The summed E-state index contributed by atoms with van der Waals surface area (Å²) in [4.78, 5) is 30.0. The van der Waals surface area contributed by atoms with Crippen LogP contribution in [-0.4, -0.2) is 60.1 Å². The van der Waals surface area contributed by atoms with E-state index in [1.165, 1.54) is 16.7 Å². The predicted molar refractivity (Wildman–Crippen MR) is 119 cm³/mol. The van der Waals surface area contributed by atoms with E-state index in [1.807, 2.05) is 36.1 Å². The molecule has 29 heavy (non-hydrogen) atoms. The van der Waals surface area contributed by atoms with Crippen LogP contribution in [-0.2, 0) is 9.59 Å². The van der Waals surface area contributed by atoms with Gasteiger partial charge in [0.1, 0.15) is 0 Å². The van der Waals surface area contributed by atoms with Crippen LogP contribution in [0.4, 0.5) is 5.69 Å². The van der Waals surface area contributed by atoms with Crippen LogP contribution in [0.15, 0.2) is 47.4 Å². The molecule has 154 valence electrons. The van der Waals surface area contributed by atoms with Crippen LogP contribution in [0.3, 0.4) is 0 Å². The normalized spacial score (nSPS) is 14.7. The molecule has 1 aliphatic heterocycles. The van der Waals surface area contributed by atoms with Crippen molar-refractivity contribution in [2.24, 2.45) is 0 Å². The van der Waals surface area contributed by atoms with Crippen molar-refractivity contribution in [1.29, 1.82) is 0 Å². The summed E-state index contributed by atoms with van der Waals surface area (Å²) in [5.74, 6) is 0.607. The predicted octanol–water partition coefficient (Wildman–Crippen LogP) is 3.49. The molecule has 2 aromatic rings. The van der Waals surface area contributed by atoms with Gasteiger partial charge in [-0.1, -0.05) is 35.4 Å². The van der Waals surface area contributed by atoms with E-state index in [2.05, 4.69) is 42.3 Å². The molecule has 0 atom stereocenters. The van der Waals surface area contributed by atoms with Crippen molar-refractivity contribution >= 4 is 29.3 Å². The van der Waals surface area contributed by atoms with Crippen molar-refractivity contribution in [2.75, 3.05) is 43.8 Å². The van der Waals surface area contributed by atoms with Gasteiger partial charge in [0, 0.05) is 36.8 Å². The molecule has 5 nitrogen and oxygen atoms in total. The van der Waals surface area contributed by atoms with E-state index in [4.69, 9.17) is 0 Å². The Morgan fingerprint density at radius 3 is 2.24 bits per heavy atom. The second-order valence-electron chi connectivity index (χ2n) is 7.63. The Morgan fingerprint density at radius 2 is 1.59 bits per heavy atom. The maximum Gasteiger partial charge on any atom is 0.238 e. The molecule has 0 aliphatic carbocycles. The third-order valence-electron chi connectivity index (χ3n) is 5.11. The Hall–Kier alpha value is -2.31. The number of hydrogen-bond donors (Lipinski definition) is 1. The fraction of sp³-hybridized carbons (Fsp3) is 0.391. The molecular formula is C23H29N3O2S. The van der Waals surface area contributed by atoms with Crippen molar-refractivity contribution in [3.8, 4) is 0 Å². The van der Waals surface area contributed by atoms with Gasteiger partial charge in [-0.25, -0.2) is 0 Å². The van der Waals surface area contributed by atoms with Crippen LogP contribution in [0.2, 0.25) is 0 Å². The molecule has 0 bridgehead atoms. The summed E-state index contributed by atoms with van der Waals surface area (Å²) < 4.78 is 0. The molecule has 2 amide bonds. The Bertz CT molecular complexity index is 859. The third kappa shape index (κ3) is 6.34. The molecular weight excluding hydrogens is 382 g/mol. The molecule has 0 aromatic heterocycles. The van der Waals surface area contributed by atoms with Gasteiger partial charge < -0.3 is 10.2 Å². The first-order chi connectivity index (χ1) is 13.9. The van der Waals surface area contributed by atoms with Crippen LogP contribution >= 0.6 is 11.8 Å². The zero-order valence-corrected chi connectivity index (χ0v) is 18.2. The average molecular weight is 412 g/mol. The van der Waals surface area contributed by atoms with E-state index in [0.717, 1.165) is 23.7 Å². The summed E-state index contributed by atoms with van der Waals surface area (Å²) in [5, 5.41) is 2.93. The van der Waals surface area contributed by atoms with Crippen molar-refractivity contribution in [2.45, 2.75) is 25.7 Å².